The number of nitrogens with two attached hydrogens (primary N) is 1. The second-order valence-electron chi connectivity index (χ2n) is 4.61. The summed E-state index contributed by atoms with van der Waals surface area (Å²) in [5, 5.41) is 9.48. The van der Waals surface area contributed by atoms with Gasteiger partial charge in [0.05, 0.1) is 12.1 Å². The van der Waals surface area contributed by atoms with Crippen LogP contribution in [0.5, 0.6) is 0 Å². The zero-order valence-electron chi connectivity index (χ0n) is 10.2. The van der Waals surface area contributed by atoms with Gasteiger partial charge in [0.1, 0.15) is 0 Å². The second kappa shape index (κ2) is 4.47. The molecule has 92 valence electrons. The number of hydrogen-bond donors (Lipinski definition) is 2. The lowest BCUT2D eigenvalue weighted by atomic mass is 9.95. The van der Waals surface area contributed by atoms with E-state index in [-0.39, 0.29) is 11.9 Å². The van der Waals surface area contributed by atoms with Crippen molar-refractivity contribution in [3.05, 3.63) is 29.3 Å². The summed E-state index contributed by atoms with van der Waals surface area (Å²) >= 11 is 0. The maximum Gasteiger partial charge on any atom is 0.227 e. The van der Waals surface area contributed by atoms with Gasteiger partial charge in [-0.15, -0.1) is 0 Å². The molecule has 2 atom stereocenters. The first-order valence-corrected chi connectivity index (χ1v) is 5.83. The fourth-order valence-electron chi connectivity index (χ4n) is 2.16. The zero-order valence-corrected chi connectivity index (χ0v) is 10.2. The van der Waals surface area contributed by atoms with Gasteiger partial charge in [0.2, 0.25) is 5.91 Å². The van der Waals surface area contributed by atoms with Gasteiger partial charge in [0.25, 0.3) is 0 Å². The van der Waals surface area contributed by atoms with E-state index in [0.717, 1.165) is 23.2 Å². The van der Waals surface area contributed by atoms with Crippen LogP contribution in [-0.2, 0) is 11.2 Å². The third kappa shape index (κ3) is 2.18. The van der Waals surface area contributed by atoms with E-state index in [1.54, 1.807) is 18.9 Å². The summed E-state index contributed by atoms with van der Waals surface area (Å²) in [6.07, 6.45) is 0.714. The number of hydrogen-bond acceptors (Lipinski definition) is 3. The number of aliphatic hydroxyl groups is 1. The summed E-state index contributed by atoms with van der Waals surface area (Å²) < 4.78 is 0. The molecule has 2 unspecified atom stereocenters. The molecule has 1 aromatic carbocycles. The van der Waals surface area contributed by atoms with Crippen LogP contribution in [0.1, 0.15) is 30.5 Å². The highest BCUT2D eigenvalue weighted by atomic mass is 16.3. The van der Waals surface area contributed by atoms with Crippen molar-refractivity contribution in [2.75, 3.05) is 11.9 Å². The third-order valence-corrected chi connectivity index (χ3v) is 3.35. The third-order valence-electron chi connectivity index (χ3n) is 3.35. The summed E-state index contributed by atoms with van der Waals surface area (Å²) in [6.45, 7) is 1.68. The molecule has 0 bridgehead atoms. The minimum Gasteiger partial charge on any atom is -0.391 e. The van der Waals surface area contributed by atoms with Gasteiger partial charge < -0.3 is 15.7 Å². The molecule has 1 aromatic rings. The predicted molar refractivity (Wildman–Crippen MR) is 66.8 cm³/mol. The maximum absolute atomic E-state index is 11.5. The van der Waals surface area contributed by atoms with Crippen LogP contribution in [0.2, 0.25) is 0 Å². The van der Waals surface area contributed by atoms with Crippen molar-refractivity contribution in [1.29, 1.82) is 0 Å². The molecule has 3 N–H and O–H groups in total. The van der Waals surface area contributed by atoms with E-state index in [4.69, 9.17) is 5.73 Å². The monoisotopic (exact) mass is 234 g/mol. The Morgan fingerprint density at radius 1 is 1.41 bits per heavy atom. The molecule has 4 nitrogen and oxygen atoms in total. The Morgan fingerprint density at radius 2 is 2.12 bits per heavy atom. The fraction of sp³-hybridized carbons (Fsp3) is 0.462. The fourth-order valence-corrected chi connectivity index (χ4v) is 2.16. The molecule has 0 aliphatic carbocycles. The molecule has 4 heteroatoms. The van der Waals surface area contributed by atoms with Gasteiger partial charge >= 0.3 is 0 Å². The largest absolute Gasteiger partial charge is 0.391 e. The standard InChI is InChI=1S/C13H18N2O2/c1-8(16)13(14)10-3-5-11-9(7-10)4-6-12(17)15(11)2/h3,5,7-8,13,16H,4,6,14H2,1-2H3. The zero-order chi connectivity index (χ0) is 12.6. The van der Waals surface area contributed by atoms with Crippen molar-refractivity contribution in [3.8, 4) is 0 Å². The molecular formula is C13H18N2O2. The lowest BCUT2D eigenvalue weighted by molar-refractivity contribution is -0.118. The quantitative estimate of drug-likeness (QED) is 0.801. The van der Waals surface area contributed by atoms with Crippen LogP contribution >= 0.6 is 0 Å². The van der Waals surface area contributed by atoms with Crippen LogP contribution in [0.15, 0.2) is 18.2 Å². The maximum atomic E-state index is 11.5. The number of carbonyl (C=O) groups is 1. The summed E-state index contributed by atoms with van der Waals surface area (Å²) in [5.41, 5.74) is 8.89. The molecule has 0 fully saturated rings. The number of nitrogens with zero attached hydrogens (tertiary/aromatic N) is 1. The molecule has 1 amide bonds. The van der Waals surface area contributed by atoms with Crippen LogP contribution in [0, 0.1) is 0 Å². The van der Waals surface area contributed by atoms with Gasteiger partial charge in [-0.1, -0.05) is 12.1 Å². The second-order valence-corrected chi connectivity index (χ2v) is 4.61. The van der Waals surface area contributed by atoms with Crippen molar-refractivity contribution in [2.45, 2.75) is 31.9 Å². The van der Waals surface area contributed by atoms with E-state index in [9.17, 15) is 9.90 Å². The van der Waals surface area contributed by atoms with Gasteiger partial charge in [-0.2, -0.15) is 0 Å². The smallest absolute Gasteiger partial charge is 0.227 e. The SMILES string of the molecule is CC(O)C(N)c1ccc2c(c1)CCC(=O)N2C. The van der Waals surface area contributed by atoms with Crippen LogP contribution in [0.4, 0.5) is 5.69 Å². The summed E-state index contributed by atoms with van der Waals surface area (Å²) in [7, 11) is 1.79. The average Bonchev–Trinajstić information content (AvgIpc) is 2.32. The van der Waals surface area contributed by atoms with E-state index in [2.05, 4.69) is 0 Å². The molecule has 0 aromatic heterocycles. The van der Waals surface area contributed by atoms with Crippen molar-refractivity contribution >= 4 is 11.6 Å². The van der Waals surface area contributed by atoms with Gasteiger partial charge in [0.15, 0.2) is 0 Å². The lowest BCUT2D eigenvalue weighted by Gasteiger charge is -2.27. The number of aliphatic hydroxyl groups excluding tert-OH is 1. The average molecular weight is 234 g/mol. The van der Waals surface area contributed by atoms with E-state index in [1.807, 2.05) is 18.2 Å². The van der Waals surface area contributed by atoms with Crippen LogP contribution < -0.4 is 10.6 Å². The minimum atomic E-state index is -0.573. The number of carbonyl (C=O) groups excluding carboxylic acids is 1. The van der Waals surface area contributed by atoms with Gasteiger partial charge in [-0.3, -0.25) is 4.79 Å². The number of amides is 1. The number of rotatable bonds is 2. The van der Waals surface area contributed by atoms with Crippen molar-refractivity contribution in [1.82, 2.24) is 0 Å². The van der Waals surface area contributed by atoms with Gasteiger partial charge in [0, 0.05) is 19.2 Å². The molecule has 0 radical (unpaired) electrons. The van der Waals surface area contributed by atoms with Gasteiger partial charge in [-0.25, -0.2) is 0 Å². The predicted octanol–water partition coefficient (Wildman–Crippen LogP) is 0.976. The van der Waals surface area contributed by atoms with E-state index in [1.165, 1.54) is 0 Å². The molecule has 0 spiro atoms. The molecule has 0 saturated carbocycles. The summed E-state index contributed by atoms with van der Waals surface area (Å²) in [6, 6.07) is 5.41. The Morgan fingerprint density at radius 3 is 2.76 bits per heavy atom. The topological polar surface area (TPSA) is 66.6 Å². The Labute approximate surface area is 101 Å². The molecule has 0 saturated heterocycles. The normalized spacial score (nSPS) is 18.8. The highest BCUT2D eigenvalue weighted by Gasteiger charge is 2.22. The van der Waals surface area contributed by atoms with Crippen LogP contribution in [0.3, 0.4) is 0 Å². The molecule has 1 aliphatic heterocycles. The highest BCUT2D eigenvalue weighted by Crippen LogP contribution is 2.29. The Bertz CT molecular complexity index is 443. The first-order valence-electron chi connectivity index (χ1n) is 5.83. The number of aryl methyl sites for hydroxylation is 1. The van der Waals surface area contributed by atoms with Crippen molar-refractivity contribution < 1.29 is 9.90 Å². The molecular weight excluding hydrogens is 216 g/mol. The summed E-state index contributed by atoms with van der Waals surface area (Å²) in [5.74, 6) is 0.144. The number of fused-ring (bicyclic) bond motifs is 1. The van der Waals surface area contributed by atoms with Crippen LogP contribution in [-0.4, -0.2) is 24.2 Å². The Kier molecular flexibility index (Phi) is 3.17. The van der Waals surface area contributed by atoms with E-state index in [0.29, 0.717) is 6.42 Å². The minimum absolute atomic E-state index is 0.144. The molecule has 1 heterocycles. The number of anilines is 1. The van der Waals surface area contributed by atoms with E-state index >= 15 is 0 Å². The summed E-state index contributed by atoms with van der Waals surface area (Å²) in [4.78, 5) is 13.2. The first kappa shape index (κ1) is 12.1. The highest BCUT2D eigenvalue weighted by molar-refractivity contribution is 5.95. The first-order chi connectivity index (χ1) is 8.00. The van der Waals surface area contributed by atoms with Crippen molar-refractivity contribution in [3.63, 3.8) is 0 Å². The molecule has 1 aliphatic rings. The molecule has 2 rings (SSSR count). The van der Waals surface area contributed by atoms with Gasteiger partial charge in [-0.05, 0) is 30.5 Å². The molecule has 17 heavy (non-hydrogen) atoms. The van der Waals surface area contributed by atoms with Crippen molar-refractivity contribution in [2.24, 2.45) is 5.73 Å². The van der Waals surface area contributed by atoms with Crippen LogP contribution in [0.25, 0.3) is 0 Å². The Hall–Kier alpha value is -1.39. The Balaban J connectivity index is 2.35. The van der Waals surface area contributed by atoms with E-state index < -0.39 is 6.10 Å². The lowest BCUT2D eigenvalue weighted by Crippen LogP contribution is -2.31. The number of benzene rings is 1.